The fourth-order valence-corrected chi connectivity index (χ4v) is 4.06. The van der Waals surface area contributed by atoms with Gasteiger partial charge in [0.25, 0.3) is 0 Å². The summed E-state index contributed by atoms with van der Waals surface area (Å²) in [6.07, 6.45) is -0.846. The number of hydrogen-bond donors (Lipinski definition) is 0. The highest BCUT2D eigenvalue weighted by molar-refractivity contribution is 7.71. The van der Waals surface area contributed by atoms with Crippen LogP contribution >= 0.6 is 12.2 Å². The Bertz CT molecular complexity index is 1110. The molecule has 28 heavy (non-hydrogen) atoms. The summed E-state index contributed by atoms with van der Waals surface area (Å²) in [7, 11) is 0. The van der Waals surface area contributed by atoms with Crippen molar-refractivity contribution < 1.29 is 18.7 Å². The molecule has 2 saturated heterocycles. The molecule has 1 aromatic heterocycles. The highest BCUT2D eigenvalue weighted by atomic mass is 32.1. The van der Waals surface area contributed by atoms with Gasteiger partial charge in [0.15, 0.2) is 11.6 Å². The first-order chi connectivity index (χ1) is 13.6. The van der Waals surface area contributed by atoms with Crippen LogP contribution in [0.25, 0.3) is 17.1 Å². The molecule has 5 rings (SSSR count). The van der Waals surface area contributed by atoms with E-state index in [1.54, 1.807) is 21.4 Å². The highest BCUT2D eigenvalue weighted by Gasteiger charge is 2.45. The average molecular weight is 397 g/mol. The van der Waals surface area contributed by atoms with Crippen LogP contribution in [0.2, 0.25) is 0 Å². The number of halogens is 1. The molecule has 0 radical (unpaired) electrons. The third-order valence-corrected chi connectivity index (χ3v) is 5.40. The lowest BCUT2D eigenvalue weighted by molar-refractivity contribution is -0.156. The predicted molar refractivity (Wildman–Crippen MR) is 101 cm³/mol. The number of carbonyl (C=O) groups is 1. The maximum Gasteiger partial charge on any atom is 0.218 e. The van der Waals surface area contributed by atoms with Gasteiger partial charge in [0.05, 0.1) is 12.6 Å². The zero-order valence-corrected chi connectivity index (χ0v) is 15.5. The van der Waals surface area contributed by atoms with Crippen molar-refractivity contribution in [3.63, 3.8) is 0 Å². The fraction of sp³-hybridized carbons (Fsp3) is 0.250. The lowest BCUT2D eigenvalue weighted by Gasteiger charge is -2.26. The number of fused-ring (bicyclic) bond motifs is 2. The summed E-state index contributed by atoms with van der Waals surface area (Å²) in [6.45, 7) is 0.316. The van der Waals surface area contributed by atoms with E-state index in [1.165, 1.54) is 12.1 Å². The third kappa shape index (κ3) is 2.81. The lowest BCUT2D eigenvalue weighted by atomic mass is 10.0. The van der Waals surface area contributed by atoms with Crippen LogP contribution in [0.15, 0.2) is 54.6 Å². The Hall–Kier alpha value is -2.68. The van der Waals surface area contributed by atoms with Gasteiger partial charge in [0.1, 0.15) is 11.9 Å². The second-order valence-corrected chi connectivity index (χ2v) is 7.17. The van der Waals surface area contributed by atoms with Gasteiger partial charge in [0.2, 0.25) is 11.1 Å². The number of ether oxygens (including phenoxy) is 2. The molecule has 2 aliphatic heterocycles. The van der Waals surface area contributed by atoms with Gasteiger partial charge in [-0.1, -0.05) is 30.3 Å². The van der Waals surface area contributed by atoms with E-state index in [-0.39, 0.29) is 30.2 Å². The van der Waals surface area contributed by atoms with Gasteiger partial charge in [-0.3, -0.25) is 9.36 Å². The van der Waals surface area contributed by atoms with Gasteiger partial charge >= 0.3 is 0 Å². The normalized spacial score (nSPS) is 23.9. The van der Waals surface area contributed by atoms with Crippen molar-refractivity contribution in [2.75, 3.05) is 6.61 Å². The third-order valence-electron chi connectivity index (χ3n) is 5.03. The highest BCUT2D eigenvalue weighted by Crippen LogP contribution is 2.34. The first-order valence-corrected chi connectivity index (χ1v) is 9.35. The smallest absolute Gasteiger partial charge is 0.218 e. The summed E-state index contributed by atoms with van der Waals surface area (Å²) in [5, 5.41) is 4.69. The molecule has 3 heterocycles. The van der Waals surface area contributed by atoms with Crippen LogP contribution in [0, 0.1) is 10.6 Å². The fourth-order valence-electron chi connectivity index (χ4n) is 3.69. The van der Waals surface area contributed by atoms with Crippen LogP contribution in [0.5, 0.6) is 0 Å². The number of benzene rings is 2. The number of rotatable bonds is 3. The number of ketones is 1. The Kier molecular flexibility index (Phi) is 4.19. The van der Waals surface area contributed by atoms with E-state index in [0.29, 0.717) is 22.8 Å². The van der Waals surface area contributed by atoms with Gasteiger partial charge in [-0.15, -0.1) is 0 Å². The zero-order chi connectivity index (χ0) is 19.3. The molecular weight excluding hydrogens is 381 g/mol. The molecule has 3 atom stereocenters. The quantitative estimate of drug-likeness (QED) is 0.634. The van der Waals surface area contributed by atoms with Crippen LogP contribution in [-0.2, 0) is 14.3 Å². The van der Waals surface area contributed by atoms with Crippen LogP contribution in [-0.4, -0.2) is 39.1 Å². The average Bonchev–Trinajstić information content (AvgIpc) is 3.28. The topological polar surface area (TPSA) is 58.3 Å². The van der Waals surface area contributed by atoms with E-state index in [4.69, 9.17) is 26.8 Å². The molecule has 2 aromatic carbocycles. The Labute approximate surface area is 165 Å². The summed E-state index contributed by atoms with van der Waals surface area (Å²) in [5.74, 6) is 0.0206. The van der Waals surface area contributed by atoms with Gasteiger partial charge < -0.3 is 9.47 Å². The van der Waals surface area contributed by atoms with E-state index in [1.807, 2.05) is 30.3 Å². The number of Topliss-reactive ketones (excluding diaryl/α,β-unsaturated/α-hetero) is 1. The summed E-state index contributed by atoms with van der Waals surface area (Å²) in [4.78, 5) is 12.2. The van der Waals surface area contributed by atoms with Gasteiger partial charge in [-0.25, -0.2) is 9.07 Å². The van der Waals surface area contributed by atoms with Crippen molar-refractivity contribution in [3.8, 4) is 17.1 Å². The Morgan fingerprint density at radius 2 is 1.96 bits per heavy atom. The molecule has 142 valence electrons. The molecule has 8 heteroatoms. The van der Waals surface area contributed by atoms with E-state index in [2.05, 4.69) is 0 Å². The molecule has 6 nitrogen and oxygen atoms in total. The SMILES string of the molecule is O=C1CC(n2nc(-c3cccc(F)c3)n(-c3ccccc3)c2=S)C2COC1O2. The summed E-state index contributed by atoms with van der Waals surface area (Å²) >= 11 is 5.72. The lowest BCUT2D eigenvalue weighted by Crippen LogP contribution is -2.37. The van der Waals surface area contributed by atoms with Gasteiger partial charge in [-0.05, 0) is 36.5 Å². The molecule has 0 saturated carbocycles. The summed E-state index contributed by atoms with van der Waals surface area (Å²) in [5.41, 5.74) is 1.40. The number of para-hydroxylation sites is 1. The molecule has 2 bridgehead atoms. The molecule has 0 aliphatic carbocycles. The van der Waals surface area contributed by atoms with Crippen molar-refractivity contribution in [2.45, 2.75) is 24.9 Å². The second kappa shape index (κ2) is 6.73. The van der Waals surface area contributed by atoms with Crippen LogP contribution in [0.3, 0.4) is 0 Å². The summed E-state index contributed by atoms with van der Waals surface area (Å²) in [6, 6.07) is 15.3. The summed E-state index contributed by atoms with van der Waals surface area (Å²) < 4.78 is 28.8. The Balaban J connectivity index is 1.70. The standard InChI is InChI=1S/C20H16FN3O3S/c21-13-6-4-5-12(9-13)18-22-24(15-10-16(25)19-26-11-17(15)27-19)20(28)23(18)14-7-2-1-3-8-14/h1-9,15,17,19H,10-11H2. The molecule has 3 unspecified atom stereocenters. The number of aromatic nitrogens is 3. The molecular formula is C20H16FN3O3S. The van der Waals surface area contributed by atoms with Crippen molar-refractivity contribution in [1.29, 1.82) is 0 Å². The molecule has 2 aliphatic rings. The predicted octanol–water partition coefficient (Wildman–Crippen LogP) is 3.46. The van der Waals surface area contributed by atoms with Crippen molar-refractivity contribution >= 4 is 18.0 Å². The monoisotopic (exact) mass is 397 g/mol. The van der Waals surface area contributed by atoms with E-state index >= 15 is 0 Å². The van der Waals surface area contributed by atoms with Crippen molar-refractivity contribution in [1.82, 2.24) is 14.3 Å². The largest absolute Gasteiger partial charge is 0.343 e. The second-order valence-electron chi connectivity index (χ2n) is 6.81. The van der Waals surface area contributed by atoms with E-state index < -0.39 is 6.29 Å². The molecule has 2 fully saturated rings. The van der Waals surface area contributed by atoms with Crippen molar-refractivity contribution in [2.24, 2.45) is 0 Å². The maximum absolute atomic E-state index is 13.9. The van der Waals surface area contributed by atoms with Crippen molar-refractivity contribution in [3.05, 3.63) is 65.2 Å². The molecule has 0 amide bonds. The van der Waals surface area contributed by atoms with Gasteiger partial charge in [0, 0.05) is 17.7 Å². The van der Waals surface area contributed by atoms with E-state index in [0.717, 1.165) is 5.69 Å². The van der Waals surface area contributed by atoms with Gasteiger partial charge in [-0.2, -0.15) is 5.10 Å². The minimum absolute atomic E-state index is 0.123. The maximum atomic E-state index is 13.9. The molecule has 3 aromatic rings. The minimum Gasteiger partial charge on any atom is -0.343 e. The van der Waals surface area contributed by atoms with Crippen LogP contribution in [0.4, 0.5) is 4.39 Å². The molecule has 0 N–H and O–H groups in total. The Morgan fingerprint density at radius 1 is 1.14 bits per heavy atom. The van der Waals surface area contributed by atoms with E-state index in [9.17, 15) is 9.18 Å². The number of nitrogens with zero attached hydrogens (tertiary/aromatic N) is 3. The minimum atomic E-state index is -0.783. The first kappa shape index (κ1) is 17.4. The molecule has 0 spiro atoms. The zero-order valence-electron chi connectivity index (χ0n) is 14.7. The number of carbonyl (C=O) groups excluding carboxylic acids is 1. The number of hydrogen-bond acceptors (Lipinski definition) is 5. The first-order valence-electron chi connectivity index (χ1n) is 8.94. The van der Waals surface area contributed by atoms with Crippen LogP contribution < -0.4 is 0 Å². The van der Waals surface area contributed by atoms with Crippen LogP contribution in [0.1, 0.15) is 12.5 Å². The Morgan fingerprint density at radius 3 is 2.75 bits per heavy atom.